The number of aryl methyl sites for hydroxylation is 1. The van der Waals surface area contributed by atoms with Crippen molar-refractivity contribution >= 4 is 27.8 Å². The number of H-pyrrole nitrogens is 1. The van der Waals surface area contributed by atoms with E-state index < -0.39 is 0 Å². The first kappa shape index (κ1) is 17.7. The third-order valence-electron chi connectivity index (χ3n) is 4.68. The van der Waals surface area contributed by atoms with Crippen LogP contribution in [-0.2, 0) is 12.8 Å². The second kappa shape index (κ2) is 7.92. The number of fused-ring (bicyclic) bond motifs is 1. The molecule has 0 amide bonds. The average molecular weight is 423 g/mol. The molecule has 0 bridgehead atoms. The molecule has 1 N–H and O–H groups in total. The van der Waals surface area contributed by atoms with Gasteiger partial charge in [-0.25, -0.2) is 4.98 Å². The number of aromatic nitrogens is 2. The van der Waals surface area contributed by atoms with Crippen LogP contribution in [0, 0.1) is 0 Å². The first-order chi connectivity index (χ1) is 13.2. The van der Waals surface area contributed by atoms with Gasteiger partial charge in [0.15, 0.2) is 5.78 Å². The van der Waals surface area contributed by atoms with Gasteiger partial charge >= 0.3 is 0 Å². The minimum atomic E-state index is 0.114. The van der Waals surface area contributed by atoms with Crippen LogP contribution in [0.15, 0.2) is 65.0 Å². The molecule has 0 spiro atoms. The normalized spacial score (nSPS) is 15.0. The van der Waals surface area contributed by atoms with Gasteiger partial charge in [-0.1, -0.05) is 28.1 Å². The lowest BCUT2D eigenvalue weighted by Crippen LogP contribution is -2.14. The Morgan fingerprint density at radius 1 is 1.15 bits per heavy atom. The van der Waals surface area contributed by atoms with Gasteiger partial charge in [-0.15, -0.1) is 0 Å². The molecule has 27 heavy (non-hydrogen) atoms. The van der Waals surface area contributed by atoms with E-state index >= 15 is 0 Å². The van der Waals surface area contributed by atoms with Gasteiger partial charge < -0.3 is 9.72 Å². The van der Waals surface area contributed by atoms with Crippen molar-refractivity contribution in [3.05, 3.63) is 87.4 Å². The van der Waals surface area contributed by atoms with E-state index in [-0.39, 0.29) is 5.78 Å². The predicted octanol–water partition coefficient (Wildman–Crippen LogP) is 5.01. The number of nitrogens with one attached hydrogen (secondary N) is 1. The van der Waals surface area contributed by atoms with Crippen molar-refractivity contribution in [1.29, 1.82) is 0 Å². The molecule has 1 aromatic heterocycles. The quantitative estimate of drug-likeness (QED) is 0.588. The van der Waals surface area contributed by atoms with Crippen LogP contribution in [0.1, 0.15) is 33.6 Å². The van der Waals surface area contributed by atoms with Crippen molar-refractivity contribution in [1.82, 2.24) is 9.97 Å². The molecule has 0 unspecified atom stereocenters. The molecule has 0 saturated heterocycles. The molecule has 3 aromatic rings. The van der Waals surface area contributed by atoms with Gasteiger partial charge in [0.2, 0.25) is 0 Å². The van der Waals surface area contributed by atoms with Crippen LogP contribution in [0.2, 0.25) is 0 Å². The monoisotopic (exact) mass is 422 g/mol. The highest BCUT2D eigenvalue weighted by molar-refractivity contribution is 9.10. The van der Waals surface area contributed by atoms with Crippen LogP contribution in [0.5, 0.6) is 5.75 Å². The number of nitrogens with zero attached hydrogens (tertiary/aromatic N) is 1. The Morgan fingerprint density at radius 2 is 2.00 bits per heavy atom. The average Bonchev–Trinajstić information content (AvgIpc) is 3.19. The number of benzene rings is 2. The molecule has 0 radical (unpaired) electrons. The second-order valence-corrected chi connectivity index (χ2v) is 7.46. The third-order valence-corrected chi connectivity index (χ3v) is 5.21. The van der Waals surface area contributed by atoms with Gasteiger partial charge in [0.1, 0.15) is 5.75 Å². The summed E-state index contributed by atoms with van der Waals surface area (Å²) in [6.45, 7) is 0.573. The number of imidazole rings is 1. The first-order valence-electron chi connectivity index (χ1n) is 8.93. The number of ketones is 1. The summed E-state index contributed by atoms with van der Waals surface area (Å²) >= 11 is 3.44. The van der Waals surface area contributed by atoms with Gasteiger partial charge in [-0.3, -0.25) is 4.79 Å². The minimum Gasteiger partial charge on any atom is -0.493 e. The number of carbonyl (C=O) groups excluding carboxylic acids is 1. The zero-order valence-electron chi connectivity index (χ0n) is 14.7. The highest BCUT2D eigenvalue weighted by Gasteiger charge is 2.22. The number of hydrogen-bond donors (Lipinski definition) is 1. The first-order valence-corrected chi connectivity index (χ1v) is 9.72. The topological polar surface area (TPSA) is 55.0 Å². The number of hydrogen-bond acceptors (Lipinski definition) is 3. The van der Waals surface area contributed by atoms with Gasteiger partial charge in [0.05, 0.1) is 12.9 Å². The lowest BCUT2D eigenvalue weighted by Gasteiger charge is -2.18. The van der Waals surface area contributed by atoms with Crippen LogP contribution >= 0.6 is 15.9 Å². The molecule has 4 nitrogen and oxygen atoms in total. The largest absolute Gasteiger partial charge is 0.493 e. The molecule has 1 aliphatic rings. The van der Waals surface area contributed by atoms with E-state index in [2.05, 4.69) is 25.9 Å². The highest BCUT2D eigenvalue weighted by atomic mass is 79.9. The Hall–Kier alpha value is -2.66. The fourth-order valence-corrected chi connectivity index (χ4v) is 3.51. The maximum Gasteiger partial charge on any atom is 0.189 e. The van der Waals surface area contributed by atoms with Crippen molar-refractivity contribution < 1.29 is 9.53 Å². The molecular formula is C22H19BrN2O2. The molecule has 0 saturated carbocycles. The third kappa shape index (κ3) is 4.19. The number of aromatic amines is 1. The molecule has 136 valence electrons. The van der Waals surface area contributed by atoms with Gasteiger partial charge in [0.25, 0.3) is 0 Å². The van der Waals surface area contributed by atoms with E-state index in [0.29, 0.717) is 6.61 Å². The summed E-state index contributed by atoms with van der Waals surface area (Å²) in [7, 11) is 0. The summed E-state index contributed by atoms with van der Waals surface area (Å²) in [6, 6.07) is 13.8. The van der Waals surface area contributed by atoms with Crippen molar-refractivity contribution in [2.75, 3.05) is 6.61 Å². The van der Waals surface area contributed by atoms with Crippen LogP contribution in [0.4, 0.5) is 0 Å². The lowest BCUT2D eigenvalue weighted by atomic mass is 9.86. The van der Waals surface area contributed by atoms with Crippen LogP contribution in [-0.4, -0.2) is 22.4 Å². The SMILES string of the molecule is O=C1/C(=C\c2ccc(Br)cc2)CCc2cc(OCCc3cnc[nH]3)ccc21. The molecule has 0 fully saturated rings. The Morgan fingerprint density at radius 3 is 2.78 bits per heavy atom. The fraction of sp³-hybridized carbons (Fsp3) is 0.182. The molecule has 1 heterocycles. The zero-order valence-corrected chi connectivity index (χ0v) is 16.3. The molecule has 1 aliphatic carbocycles. The van der Waals surface area contributed by atoms with E-state index in [4.69, 9.17) is 4.74 Å². The smallest absolute Gasteiger partial charge is 0.189 e. The Bertz CT molecular complexity index is 976. The zero-order chi connectivity index (χ0) is 18.6. The number of ether oxygens (including phenoxy) is 1. The maximum atomic E-state index is 12.8. The number of Topliss-reactive ketones (excluding diaryl/α,β-unsaturated/α-hetero) is 1. The van der Waals surface area contributed by atoms with Crippen molar-refractivity contribution in [3.63, 3.8) is 0 Å². The highest BCUT2D eigenvalue weighted by Crippen LogP contribution is 2.29. The summed E-state index contributed by atoms with van der Waals surface area (Å²) in [5.74, 6) is 0.921. The Labute approximate surface area is 166 Å². The fourth-order valence-electron chi connectivity index (χ4n) is 3.24. The van der Waals surface area contributed by atoms with Crippen LogP contribution < -0.4 is 4.74 Å². The Kier molecular flexibility index (Phi) is 5.21. The predicted molar refractivity (Wildman–Crippen MR) is 109 cm³/mol. The van der Waals surface area contributed by atoms with E-state index in [0.717, 1.165) is 57.4 Å². The summed E-state index contributed by atoms with van der Waals surface area (Å²) in [5.41, 5.74) is 4.80. The molecule has 0 atom stereocenters. The van der Waals surface area contributed by atoms with Gasteiger partial charge in [-0.05, 0) is 60.4 Å². The molecule has 5 heteroatoms. The summed E-state index contributed by atoms with van der Waals surface area (Å²) in [5, 5.41) is 0. The van der Waals surface area contributed by atoms with Crippen molar-refractivity contribution in [2.24, 2.45) is 0 Å². The lowest BCUT2D eigenvalue weighted by molar-refractivity contribution is 0.102. The second-order valence-electron chi connectivity index (χ2n) is 6.54. The number of carbonyl (C=O) groups is 1. The van der Waals surface area contributed by atoms with E-state index in [9.17, 15) is 4.79 Å². The van der Waals surface area contributed by atoms with Crippen molar-refractivity contribution in [3.8, 4) is 5.75 Å². The van der Waals surface area contributed by atoms with Crippen LogP contribution in [0.25, 0.3) is 6.08 Å². The van der Waals surface area contributed by atoms with Gasteiger partial charge in [0, 0.05) is 33.9 Å². The number of rotatable bonds is 5. The molecule has 2 aromatic carbocycles. The van der Waals surface area contributed by atoms with E-state index in [1.165, 1.54) is 0 Å². The molecule has 4 rings (SSSR count). The number of allylic oxidation sites excluding steroid dienone is 1. The summed E-state index contributed by atoms with van der Waals surface area (Å²) in [6.07, 6.45) is 7.83. The summed E-state index contributed by atoms with van der Waals surface area (Å²) in [4.78, 5) is 19.9. The van der Waals surface area contributed by atoms with Crippen molar-refractivity contribution in [2.45, 2.75) is 19.3 Å². The Balaban J connectivity index is 1.46. The molecule has 0 aliphatic heterocycles. The van der Waals surface area contributed by atoms with E-state index in [1.807, 2.05) is 48.5 Å². The molecular weight excluding hydrogens is 404 g/mol. The summed E-state index contributed by atoms with van der Waals surface area (Å²) < 4.78 is 6.87. The van der Waals surface area contributed by atoms with Gasteiger partial charge in [-0.2, -0.15) is 0 Å². The number of halogens is 1. The maximum absolute atomic E-state index is 12.8. The standard InChI is InChI=1S/C22H19BrN2O2/c23-18-5-1-15(2-6-18)11-17-4-3-16-12-20(7-8-21(16)22(17)26)27-10-9-19-13-24-14-25-19/h1-2,5-8,11-14H,3-4,9-10H2,(H,24,25)/b17-11-. The van der Waals surface area contributed by atoms with E-state index in [1.54, 1.807) is 12.5 Å². The minimum absolute atomic E-state index is 0.114. The van der Waals surface area contributed by atoms with Crippen LogP contribution in [0.3, 0.4) is 0 Å².